The zero-order chi connectivity index (χ0) is 22.2. The number of hydrogen-bond acceptors (Lipinski definition) is 5. The molecule has 0 aliphatic carbocycles. The van der Waals surface area contributed by atoms with Crippen molar-refractivity contribution in [1.29, 1.82) is 0 Å². The Labute approximate surface area is 183 Å². The molecule has 0 bridgehead atoms. The van der Waals surface area contributed by atoms with Crippen LogP contribution in [0.5, 0.6) is 5.75 Å². The van der Waals surface area contributed by atoms with Gasteiger partial charge in [-0.1, -0.05) is 62.4 Å². The van der Waals surface area contributed by atoms with Gasteiger partial charge in [0.2, 0.25) is 0 Å². The normalized spacial score (nSPS) is 13.6. The average Bonchev–Trinajstić information content (AvgIpc) is 3.29. The van der Waals surface area contributed by atoms with Crippen molar-refractivity contribution < 1.29 is 14.9 Å². The van der Waals surface area contributed by atoms with Gasteiger partial charge in [0.25, 0.3) is 0 Å². The molecule has 3 rings (SSSR count). The molecule has 0 saturated heterocycles. The first-order chi connectivity index (χ1) is 15.0. The van der Waals surface area contributed by atoms with Gasteiger partial charge in [0.05, 0.1) is 25.3 Å². The molecule has 0 aliphatic rings. The molecule has 164 valence electrons. The van der Waals surface area contributed by atoms with E-state index in [1.807, 2.05) is 47.2 Å². The lowest BCUT2D eigenvalue weighted by Crippen LogP contribution is -2.31. The van der Waals surface area contributed by atoms with Crippen molar-refractivity contribution in [2.75, 3.05) is 19.8 Å². The van der Waals surface area contributed by atoms with Crippen LogP contribution in [-0.4, -0.2) is 45.6 Å². The minimum atomic E-state index is -0.378. The minimum absolute atomic E-state index is 0.0162. The largest absolute Gasteiger partial charge is 0.492 e. The number of hydrogen-bond donors (Lipinski definition) is 3. The zero-order valence-corrected chi connectivity index (χ0v) is 18.1. The lowest BCUT2D eigenvalue weighted by atomic mass is 10.0. The van der Waals surface area contributed by atoms with Crippen LogP contribution in [0.25, 0.3) is 17.2 Å². The predicted octanol–water partition coefficient (Wildman–Crippen LogP) is 3.62. The van der Waals surface area contributed by atoms with Crippen molar-refractivity contribution in [1.82, 2.24) is 9.55 Å². The molecule has 0 amide bonds. The zero-order valence-electron chi connectivity index (χ0n) is 18.1. The van der Waals surface area contributed by atoms with Gasteiger partial charge in [-0.3, -0.25) is 0 Å². The Balaban J connectivity index is 1.66. The van der Waals surface area contributed by atoms with Crippen LogP contribution in [0.1, 0.15) is 37.2 Å². The molecular formula is C25H31N3O3. The predicted molar refractivity (Wildman–Crippen MR) is 124 cm³/mol. The fraction of sp³-hybridized carbons (Fsp3) is 0.320. The first kappa shape index (κ1) is 22.7. The van der Waals surface area contributed by atoms with E-state index in [0.29, 0.717) is 5.92 Å². The summed E-state index contributed by atoms with van der Waals surface area (Å²) in [6.45, 7) is 4.39. The van der Waals surface area contributed by atoms with Crippen molar-refractivity contribution in [3.63, 3.8) is 0 Å². The summed E-state index contributed by atoms with van der Waals surface area (Å²) in [6, 6.07) is 15.5. The molecule has 1 heterocycles. The van der Waals surface area contributed by atoms with Crippen molar-refractivity contribution >= 4 is 6.08 Å². The Morgan fingerprint density at radius 1 is 1.00 bits per heavy atom. The molecule has 31 heavy (non-hydrogen) atoms. The highest BCUT2D eigenvalue weighted by Gasteiger charge is 2.13. The van der Waals surface area contributed by atoms with E-state index in [0.717, 1.165) is 28.3 Å². The standard InChI is InChI=1S/C25H31N3O3/c1-18(2)25-27-13-14-28(25)23(16-30)10-5-19-3-6-20(7-4-19)21-8-11-24(12-9-21)31-17-22(26)15-29/h3-14,18,22-23,29-30H,15-17,26H2,1-2H3/b10-5+. The van der Waals surface area contributed by atoms with E-state index in [-0.39, 0.29) is 31.9 Å². The van der Waals surface area contributed by atoms with Crippen LogP contribution in [0, 0.1) is 0 Å². The lowest BCUT2D eigenvalue weighted by molar-refractivity contribution is 0.206. The van der Waals surface area contributed by atoms with Gasteiger partial charge in [-0.2, -0.15) is 0 Å². The van der Waals surface area contributed by atoms with Gasteiger partial charge >= 0.3 is 0 Å². The number of nitrogens with zero attached hydrogens (tertiary/aromatic N) is 2. The molecule has 2 unspecified atom stereocenters. The molecule has 0 saturated carbocycles. The third kappa shape index (κ3) is 6.04. The summed E-state index contributed by atoms with van der Waals surface area (Å²) in [4.78, 5) is 4.41. The number of aliphatic hydroxyl groups is 2. The summed E-state index contributed by atoms with van der Waals surface area (Å²) in [5, 5.41) is 18.8. The number of aromatic nitrogens is 2. The topological polar surface area (TPSA) is 93.5 Å². The second kappa shape index (κ2) is 10.9. The summed E-state index contributed by atoms with van der Waals surface area (Å²) in [5.41, 5.74) is 8.91. The molecule has 1 aromatic heterocycles. The van der Waals surface area contributed by atoms with Gasteiger partial charge in [0, 0.05) is 18.3 Å². The van der Waals surface area contributed by atoms with E-state index in [2.05, 4.69) is 43.1 Å². The third-order valence-corrected chi connectivity index (χ3v) is 5.07. The van der Waals surface area contributed by atoms with Gasteiger partial charge < -0.3 is 25.3 Å². The Bertz CT molecular complexity index is 962. The van der Waals surface area contributed by atoms with Crippen molar-refractivity contribution in [3.8, 4) is 16.9 Å². The Morgan fingerprint density at radius 2 is 1.65 bits per heavy atom. The van der Waals surface area contributed by atoms with Gasteiger partial charge in [-0.25, -0.2) is 4.98 Å². The molecular weight excluding hydrogens is 390 g/mol. The van der Waals surface area contributed by atoms with E-state index in [1.54, 1.807) is 6.20 Å². The highest BCUT2D eigenvalue weighted by atomic mass is 16.5. The van der Waals surface area contributed by atoms with Crippen LogP contribution in [-0.2, 0) is 0 Å². The van der Waals surface area contributed by atoms with Crippen molar-refractivity contribution in [3.05, 3.63) is 78.4 Å². The molecule has 0 fully saturated rings. The van der Waals surface area contributed by atoms with Crippen LogP contribution in [0.4, 0.5) is 0 Å². The number of aliphatic hydroxyl groups excluding tert-OH is 2. The van der Waals surface area contributed by atoms with Gasteiger partial charge in [-0.05, 0) is 28.8 Å². The van der Waals surface area contributed by atoms with Gasteiger partial charge in [0.15, 0.2) is 0 Å². The van der Waals surface area contributed by atoms with Crippen LogP contribution < -0.4 is 10.5 Å². The maximum Gasteiger partial charge on any atom is 0.119 e. The fourth-order valence-electron chi connectivity index (χ4n) is 3.30. The number of rotatable bonds is 10. The summed E-state index contributed by atoms with van der Waals surface area (Å²) < 4.78 is 7.59. The molecule has 6 nitrogen and oxygen atoms in total. The number of nitrogens with two attached hydrogens (primary N) is 1. The van der Waals surface area contributed by atoms with Crippen molar-refractivity contribution in [2.45, 2.75) is 31.8 Å². The van der Waals surface area contributed by atoms with Gasteiger partial charge in [-0.15, -0.1) is 0 Å². The smallest absolute Gasteiger partial charge is 0.119 e. The quantitative estimate of drug-likeness (QED) is 0.465. The summed E-state index contributed by atoms with van der Waals surface area (Å²) >= 11 is 0. The Morgan fingerprint density at radius 3 is 2.23 bits per heavy atom. The van der Waals surface area contributed by atoms with Crippen LogP contribution in [0.15, 0.2) is 67.0 Å². The third-order valence-electron chi connectivity index (χ3n) is 5.07. The van der Waals surface area contributed by atoms with Crippen LogP contribution in [0.3, 0.4) is 0 Å². The molecule has 2 aromatic carbocycles. The average molecular weight is 422 g/mol. The molecule has 4 N–H and O–H groups in total. The number of imidazole rings is 1. The molecule has 0 radical (unpaired) electrons. The highest BCUT2D eigenvalue weighted by Crippen LogP contribution is 2.24. The molecule has 0 spiro atoms. The Kier molecular flexibility index (Phi) is 8.00. The Hall–Kier alpha value is -2.93. The fourth-order valence-corrected chi connectivity index (χ4v) is 3.30. The summed E-state index contributed by atoms with van der Waals surface area (Å²) in [7, 11) is 0. The van der Waals surface area contributed by atoms with E-state index in [9.17, 15) is 5.11 Å². The lowest BCUT2D eigenvalue weighted by Gasteiger charge is -2.17. The number of ether oxygens (including phenoxy) is 1. The molecule has 2 atom stereocenters. The van der Waals surface area contributed by atoms with Crippen LogP contribution >= 0.6 is 0 Å². The minimum Gasteiger partial charge on any atom is -0.492 e. The number of benzene rings is 2. The summed E-state index contributed by atoms with van der Waals surface area (Å²) in [6.07, 6.45) is 7.72. The highest BCUT2D eigenvalue weighted by molar-refractivity contribution is 5.66. The van der Waals surface area contributed by atoms with Crippen molar-refractivity contribution in [2.24, 2.45) is 5.73 Å². The monoisotopic (exact) mass is 421 g/mol. The maximum atomic E-state index is 9.85. The summed E-state index contributed by atoms with van der Waals surface area (Å²) in [5.74, 6) is 1.98. The second-order valence-electron chi connectivity index (χ2n) is 7.86. The van der Waals surface area contributed by atoms with E-state index >= 15 is 0 Å². The van der Waals surface area contributed by atoms with E-state index < -0.39 is 0 Å². The molecule has 6 heteroatoms. The first-order valence-corrected chi connectivity index (χ1v) is 10.5. The second-order valence-corrected chi connectivity index (χ2v) is 7.86. The van der Waals surface area contributed by atoms with Crippen LogP contribution in [0.2, 0.25) is 0 Å². The van der Waals surface area contributed by atoms with E-state index in [4.69, 9.17) is 15.6 Å². The maximum absolute atomic E-state index is 9.85. The SMILES string of the molecule is CC(C)c1nccn1C(/C=C/c1ccc(-c2ccc(OCC(N)CO)cc2)cc1)CO. The van der Waals surface area contributed by atoms with E-state index in [1.165, 1.54) is 0 Å². The first-order valence-electron chi connectivity index (χ1n) is 10.5. The molecule has 0 aliphatic heterocycles. The van der Waals surface area contributed by atoms with Gasteiger partial charge in [0.1, 0.15) is 18.2 Å². The molecule has 3 aromatic rings.